The van der Waals surface area contributed by atoms with Crippen molar-refractivity contribution in [1.29, 1.82) is 0 Å². The molecule has 2 aromatic heterocycles. The molecule has 1 aromatic carbocycles. The Hall–Kier alpha value is -2.14. The molecule has 0 bridgehead atoms. The van der Waals surface area contributed by atoms with Crippen molar-refractivity contribution >= 4 is 22.7 Å². The number of nitrogens with zero attached hydrogens (tertiary/aromatic N) is 3. The molecule has 0 saturated carbocycles. The summed E-state index contributed by atoms with van der Waals surface area (Å²) in [7, 11) is 0. The Kier molecular flexibility index (Phi) is 4.76. The normalized spacial score (nSPS) is 12.4. The van der Waals surface area contributed by atoms with E-state index in [2.05, 4.69) is 18.8 Å². The van der Waals surface area contributed by atoms with Crippen LogP contribution in [0, 0.1) is 0 Å². The number of thioether (sulfide) groups is 1. The summed E-state index contributed by atoms with van der Waals surface area (Å²) in [6.07, 6.45) is 4.55. The first kappa shape index (κ1) is 15.7. The van der Waals surface area contributed by atoms with Gasteiger partial charge in [-0.25, -0.2) is 4.98 Å². The molecule has 5 heteroatoms. The van der Waals surface area contributed by atoms with E-state index >= 15 is 0 Å². The van der Waals surface area contributed by atoms with E-state index in [4.69, 9.17) is 4.98 Å². The van der Waals surface area contributed by atoms with Crippen LogP contribution in [-0.2, 0) is 6.54 Å². The lowest BCUT2D eigenvalue weighted by atomic mass is 10.2. The Morgan fingerprint density at radius 2 is 2.04 bits per heavy atom. The molecule has 0 aliphatic carbocycles. The average molecular weight is 325 g/mol. The molecule has 4 nitrogen and oxygen atoms in total. The van der Waals surface area contributed by atoms with Crippen LogP contribution in [0.1, 0.15) is 25.8 Å². The summed E-state index contributed by atoms with van der Waals surface area (Å²) in [5.74, 6) is 0. The zero-order valence-electron chi connectivity index (χ0n) is 13.3. The first-order chi connectivity index (χ1) is 11.2. The predicted octanol–water partition coefficient (Wildman–Crippen LogP) is 3.73. The van der Waals surface area contributed by atoms with E-state index in [9.17, 15) is 4.79 Å². The maximum Gasteiger partial charge on any atom is 0.262 e. The van der Waals surface area contributed by atoms with Gasteiger partial charge in [-0.15, -0.1) is 0 Å². The van der Waals surface area contributed by atoms with Gasteiger partial charge in [0, 0.05) is 17.6 Å². The van der Waals surface area contributed by atoms with Crippen LogP contribution in [0.15, 0.2) is 58.7 Å². The number of hydrogen-bond donors (Lipinski definition) is 0. The fraction of sp³-hybridized carbons (Fsp3) is 0.278. The summed E-state index contributed by atoms with van der Waals surface area (Å²) in [5.41, 5.74) is 1.76. The van der Waals surface area contributed by atoms with Crippen LogP contribution in [0.2, 0.25) is 0 Å². The molecule has 0 N–H and O–H groups in total. The van der Waals surface area contributed by atoms with Gasteiger partial charge in [0.2, 0.25) is 0 Å². The third kappa shape index (κ3) is 3.45. The van der Waals surface area contributed by atoms with E-state index in [1.165, 1.54) is 0 Å². The highest BCUT2D eigenvalue weighted by Crippen LogP contribution is 2.24. The molecule has 1 atom stereocenters. The zero-order valence-corrected chi connectivity index (χ0v) is 14.1. The van der Waals surface area contributed by atoms with Crippen molar-refractivity contribution in [2.24, 2.45) is 0 Å². The van der Waals surface area contributed by atoms with Gasteiger partial charge in [0.1, 0.15) is 0 Å². The smallest absolute Gasteiger partial charge is 0.262 e. The lowest BCUT2D eigenvalue weighted by Gasteiger charge is -2.15. The molecular formula is C18H19N3OS. The molecule has 0 saturated heterocycles. The Labute approximate surface area is 139 Å². The minimum atomic E-state index is 0.00487. The van der Waals surface area contributed by atoms with E-state index in [1.54, 1.807) is 28.7 Å². The third-order valence-electron chi connectivity index (χ3n) is 3.77. The lowest BCUT2D eigenvalue weighted by molar-refractivity contribution is 0.654. The monoisotopic (exact) mass is 325 g/mol. The molecule has 0 spiro atoms. The number of rotatable bonds is 5. The van der Waals surface area contributed by atoms with Gasteiger partial charge in [-0.05, 0) is 30.2 Å². The van der Waals surface area contributed by atoms with Crippen LogP contribution in [0.4, 0.5) is 0 Å². The van der Waals surface area contributed by atoms with Gasteiger partial charge in [0.25, 0.3) is 5.56 Å². The van der Waals surface area contributed by atoms with Crippen molar-refractivity contribution in [2.75, 3.05) is 0 Å². The summed E-state index contributed by atoms with van der Waals surface area (Å²) >= 11 is 1.65. The topological polar surface area (TPSA) is 47.8 Å². The molecule has 0 aliphatic rings. The number of benzene rings is 1. The summed E-state index contributed by atoms with van der Waals surface area (Å²) < 4.78 is 1.76. The number of pyridine rings is 1. The van der Waals surface area contributed by atoms with Crippen molar-refractivity contribution in [2.45, 2.75) is 37.2 Å². The molecular weight excluding hydrogens is 306 g/mol. The SMILES string of the molecule is CCC(C)Sc1nc2ccccc2c(=O)n1Cc1cccnc1. The molecule has 1 unspecified atom stereocenters. The molecule has 0 fully saturated rings. The Morgan fingerprint density at radius 3 is 2.78 bits per heavy atom. The maximum absolute atomic E-state index is 12.9. The quantitative estimate of drug-likeness (QED) is 0.530. The van der Waals surface area contributed by atoms with Gasteiger partial charge in [0.05, 0.1) is 17.4 Å². The Balaban J connectivity index is 2.13. The number of aromatic nitrogens is 3. The second-order valence-electron chi connectivity index (χ2n) is 5.50. The van der Waals surface area contributed by atoms with Crippen molar-refractivity contribution in [3.05, 3.63) is 64.7 Å². The molecule has 0 radical (unpaired) electrons. The van der Waals surface area contributed by atoms with E-state index in [-0.39, 0.29) is 5.56 Å². The van der Waals surface area contributed by atoms with Crippen molar-refractivity contribution in [3.8, 4) is 0 Å². The number of hydrogen-bond acceptors (Lipinski definition) is 4. The highest BCUT2D eigenvalue weighted by atomic mass is 32.2. The molecule has 118 valence electrons. The lowest BCUT2D eigenvalue weighted by Crippen LogP contribution is -2.24. The van der Waals surface area contributed by atoms with E-state index in [0.717, 1.165) is 22.7 Å². The first-order valence-electron chi connectivity index (χ1n) is 7.74. The molecule has 0 aliphatic heterocycles. The van der Waals surface area contributed by atoms with E-state index < -0.39 is 0 Å². The van der Waals surface area contributed by atoms with E-state index in [1.807, 2.05) is 36.4 Å². The first-order valence-corrected chi connectivity index (χ1v) is 8.62. The standard InChI is InChI=1S/C18H19N3OS/c1-3-13(2)23-18-20-16-9-5-4-8-15(16)17(22)21(18)12-14-7-6-10-19-11-14/h4-11,13H,3,12H2,1-2H3. The highest BCUT2D eigenvalue weighted by molar-refractivity contribution is 7.99. The summed E-state index contributed by atoms with van der Waals surface area (Å²) in [4.78, 5) is 21.8. The van der Waals surface area contributed by atoms with Crippen molar-refractivity contribution < 1.29 is 0 Å². The van der Waals surface area contributed by atoms with Crippen LogP contribution < -0.4 is 5.56 Å². The fourth-order valence-electron chi connectivity index (χ4n) is 2.31. The van der Waals surface area contributed by atoms with E-state index in [0.29, 0.717) is 17.2 Å². The van der Waals surface area contributed by atoms with Crippen LogP contribution in [0.25, 0.3) is 10.9 Å². The summed E-state index contributed by atoms with van der Waals surface area (Å²) in [6.45, 7) is 4.78. The highest BCUT2D eigenvalue weighted by Gasteiger charge is 2.14. The van der Waals surface area contributed by atoms with Crippen LogP contribution in [0.3, 0.4) is 0 Å². The fourth-order valence-corrected chi connectivity index (χ4v) is 3.27. The zero-order chi connectivity index (χ0) is 16.2. The maximum atomic E-state index is 12.9. The van der Waals surface area contributed by atoms with Crippen LogP contribution in [0.5, 0.6) is 0 Å². The van der Waals surface area contributed by atoms with Crippen LogP contribution >= 0.6 is 11.8 Å². The second kappa shape index (κ2) is 6.96. The largest absolute Gasteiger partial charge is 0.283 e. The number of para-hydroxylation sites is 1. The van der Waals surface area contributed by atoms with Gasteiger partial charge < -0.3 is 0 Å². The molecule has 3 aromatic rings. The average Bonchev–Trinajstić information content (AvgIpc) is 2.59. The minimum Gasteiger partial charge on any atom is -0.283 e. The predicted molar refractivity (Wildman–Crippen MR) is 95.0 cm³/mol. The number of fused-ring (bicyclic) bond motifs is 1. The molecule has 23 heavy (non-hydrogen) atoms. The van der Waals surface area contributed by atoms with Gasteiger partial charge in [-0.3, -0.25) is 14.3 Å². The second-order valence-corrected chi connectivity index (χ2v) is 6.91. The van der Waals surface area contributed by atoms with Gasteiger partial charge in [0.15, 0.2) is 5.16 Å². The Morgan fingerprint density at radius 1 is 1.22 bits per heavy atom. The van der Waals surface area contributed by atoms with Crippen LogP contribution in [-0.4, -0.2) is 19.8 Å². The Bertz CT molecular complexity index is 861. The summed E-state index contributed by atoms with van der Waals surface area (Å²) in [5, 5.41) is 1.83. The third-order valence-corrected chi connectivity index (χ3v) is 5.03. The molecule has 2 heterocycles. The van der Waals surface area contributed by atoms with Crippen molar-refractivity contribution in [3.63, 3.8) is 0 Å². The summed E-state index contributed by atoms with van der Waals surface area (Å²) in [6, 6.07) is 11.4. The van der Waals surface area contributed by atoms with Gasteiger partial charge in [-0.2, -0.15) is 0 Å². The molecule has 3 rings (SSSR count). The molecule has 0 amide bonds. The van der Waals surface area contributed by atoms with Gasteiger partial charge >= 0.3 is 0 Å². The minimum absolute atomic E-state index is 0.00487. The van der Waals surface area contributed by atoms with Crippen molar-refractivity contribution in [1.82, 2.24) is 14.5 Å². The van der Waals surface area contributed by atoms with Gasteiger partial charge in [-0.1, -0.05) is 43.8 Å².